The zero-order valence-corrected chi connectivity index (χ0v) is 14.2. The maximum atomic E-state index is 4.72. The molecule has 0 amide bonds. The van der Waals surface area contributed by atoms with Gasteiger partial charge < -0.3 is 5.32 Å². The number of rotatable bonds is 2. The van der Waals surface area contributed by atoms with Crippen molar-refractivity contribution in [3.05, 3.63) is 102 Å². The van der Waals surface area contributed by atoms with Crippen molar-refractivity contribution < 1.29 is 0 Å². The van der Waals surface area contributed by atoms with Crippen LogP contribution >= 0.6 is 0 Å². The molecule has 0 spiro atoms. The minimum atomic E-state index is 0.0563. The van der Waals surface area contributed by atoms with Crippen LogP contribution in [0.2, 0.25) is 0 Å². The Labute approximate surface area is 152 Å². The van der Waals surface area contributed by atoms with Crippen molar-refractivity contribution in [1.82, 2.24) is 10.4 Å². The van der Waals surface area contributed by atoms with Crippen LogP contribution in [0.3, 0.4) is 0 Å². The number of benzene rings is 2. The second-order valence-electron chi connectivity index (χ2n) is 6.61. The minimum absolute atomic E-state index is 0.0563. The number of hydrogen-bond acceptors (Lipinski definition) is 4. The van der Waals surface area contributed by atoms with E-state index in [-0.39, 0.29) is 12.0 Å². The number of anilines is 1. The molecule has 4 heteroatoms. The van der Waals surface area contributed by atoms with Gasteiger partial charge in [0.25, 0.3) is 0 Å². The predicted molar refractivity (Wildman–Crippen MR) is 105 cm³/mol. The lowest BCUT2D eigenvalue weighted by molar-refractivity contribution is 0.696. The third-order valence-electron chi connectivity index (χ3n) is 5.10. The Morgan fingerprint density at radius 1 is 0.885 bits per heavy atom. The van der Waals surface area contributed by atoms with E-state index in [0.29, 0.717) is 0 Å². The highest BCUT2D eigenvalue weighted by Gasteiger charge is 2.38. The summed E-state index contributed by atoms with van der Waals surface area (Å²) in [6, 6.07) is 20.9. The van der Waals surface area contributed by atoms with E-state index in [1.165, 1.54) is 5.56 Å². The van der Waals surface area contributed by atoms with Crippen LogP contribution in [0, 0.1) is 0 Å². The monoisotopic (exact) mass is 338 g/mol. The molecule has 2 aliphatic heterocycles. The van der Waals surface area contributed by atoms with E-state index in [1.807, 2.05) is 18.3 Å². The third-order valence-corrected chi connectivity index (χ3v) is 5.10. The molecular formula is C22H18N4. The Bertz CT molecular complexity index is 1010. The summed E-state index contributed by atoms with van der Waals surface area (Å²) in [5.41, 5.74) is 10.7. The van der Waals surface area contributed by atoms with Crippen molar-refractivity contribution in [2.75, 3.05) is 5.32 Å². The van der Waals surface area contributed by atoms with Gasteiger partial charge in [0.2, 0.25) is 0 Å². The van der Waals surface area contributed by atoms with Crippen molar-refractivity contribution in [3.63, 3.8) is 0 Å². The Morgan fingerprint density at radius 3 is 2.54 bits per heavy atom. The van der Waals surface area contributed by atoms with Gasteiger partial charge in [-0.05, 0) is 23.3 Å². The summed E-state index contributed by atoms with van der Waals surface area (Å²) in [6.45, 7) is 4.11. The number of aromatic nitrogens is 1. The molecule has 3 aromatic rings. The van der Waals surface area contributed by atoms with Gasteiger partial charge in [-0.1, -0.05) is 55.1 Å². The number of pyridine rings is 1. The number of nitrogens with zero attached hydrogens (tertiary/aromatic N) is 2. The smallest absolute Gasteiger partial charge is 0.0805 e. The molecule has 126 valence electrons. The lowest BCUT2D eigenvalue weighted by Gasteiger charge is -2.39. The molecule has 2 atom stereocenters. The number of nitrogens with one attached hydrogen (secondary N) is 2. The van der Waals surface area contributed by atoms with Gasteiger partial charge >= 0.3 is 0 Å². The lowest BCUT2D eigenvalue weighted by Crippen LogP contribution is -2.36. The summed E-state index contributed by atoms with van der Waals surface area (Å²) < 4.78 is 0. The van der Waals surface area contributed by atoms with E-state index in [4.69, 9.17) is 5.10 Å². The maximum Gasteiger partial charge on any atom is 0.0805 e. The van der Waals surface area contributed by atoms with Gasteiger partial charge in [0.05, 0.1) is 23.4 Å². The average molecular weight is 338 g/mol. The molecule has 2 N–H and O–H groups in total. The van der Waals surface area contributed by atoms with Crippen LogP contribution in [0.4, 0.5) is 5.69 Å². The Morgan fingerprint density at radius 2 is 1.73 bits per heavy atom. The van der Waals surface area contributed by atoms with Gasteiger partial charge in [0.1, 0.15) is 0 Å². The molecule has 0 fully saturated rings. The predicted octanol–water partition coefficient (Wildman–Crippen LogP) is 4.31. The second kappa shape index (κ2) is 5.85. The van der Waals surface area contributed by atoms with Crippen LogP contribution in [0.5, 0.6) is 0 Å². The SMILES string of the molecule is C=C1NN=C2c3c(cccc31)NC(c1cccnc1)C2c1ccccc1. The summed E-state index contributed by atoms with van der Waals surface area (Å²) in [5, 5.41) is 8.45. The van der Waals surface area contributed by atoms with Crippen LogP contribution in [-0.2, 0) is 0 Å². The van der Waals surface area contributed by atoms with Crippen molar-refractivity contribution in [3.8, 4) is 0 Å². The van der Waals surface area contributed by atoms with E-state index in [1.54, 1.807) is 6.20 Å². The third kappa shape index (κ3) is 2.23. The van der Waals surface area contributed by atoms with E-state index >= 15 is 0 Å². The van der Waals surface area contributed by atoms with Gasteiger partial charge in [0, 0.05) is 29.2 Å². The van der Waals surface area contributed by atoms with Gasteiger partial charge in [-0.25, -0.2) is 0 Å². The molecule has 0 radical (unpaired) electrons. The first-order valence-electron chi connectivity index (χ1n) is 8.70. The molecule has 3 heterocycles. The Balaban J connectivity index is 1.75. The average Bonchev–Trinajstić information content (AvgIpc) is 2.71. The molecule has 26 heavy (non-hydrogen) atoms. The van der Waals surface area contributed by atoms with Crippen molar-refractivity contribution in [2.45, 2.75) is 12.0 Å². The topological polar surface area (TPSA) is 49.3 Å². The molecule has 0 saturated carbocycles. The van der Waals surface area contributed by atoms with Crippen LogP contribution in [-0.4, -0.2) is 10.7 Å². The van der Waals surface area contributed by atoms with Gasteiger partial charge in [-0.2, -0.15) is 5.10 Å². The molecule has 4 nitrogen and oxygen atoms in total. The highest BCUT2D eigenvalue weighted by molar-refractivity contribution is 6.15. The first kappa shape index (κ1) is 14.9. The van der Waals surface area contributed by atoms with E-state index < -0.39 is 0 Å². The summed E-state index contributed by atoms with van der Waals surface area (Å²) in [6.07, 6.45) is 3.73. The first-order valence-corrected chi connectivity index (χ1v) is 8.70. The summed E-state index contributed by atoms with van der Waals surface area (Å²) >= 11 is 0. The maximum absolute atomic E-state index is 4.72. The Hall–Kier alpha value is -3.40. The van der Waals surface area contributed by atoms with Crippen molar-refractivity contribution in [2.24, 2.45) is 5.10 Å². The molecule has 1 aromatic heterocycles. The molecular weight excluding hydrogens is 320 g/mol. The highest BCUT2D eigenvalue weighted by atomic mass is 15.3. The molecule has 5 rings (SSSR count). The second-order valence-corrected chi connectivity index (χ2v) is 6.61. The zero-order chi connectivity index (χ0) is 17.5. The fourth-order valence-corrected chi connectivity index (χ4v) is 3.92. The van der Waals surface area contributed by atoms with Crippen LogP contribution in [0.15, 0.2) is 84.7 Å². The van der Waals surface area contributed by atoms with E-state index in [0.717, 1.165) is 33.8 Å². The molecule has 2 unspecified atom stereocenters. The van der Waals surface area contributed by atoms with E-state index in [2.05, 4.69) is 70.8 Å². The molecule has 2 aromatic carbocycles. The van der Waals surface area contributed by atoms with Gasteiger partial charge in [0.15, 0.2) is 0 Å². The summed E-state index contributed by atoms with van der Waals surface area (Å²) in [4.78, 5) is 4.33. The van der Waals surface area contributed by atoms with Crippen LogP contribution < -0.4 is 10.7 Å². The summed E-state index contributed by atoms with van der Waals surface area (Å²) in [7, 11) is 0. The van der Waals surface area contributed by atoms with Gasteiger partial charge in [-0.15, -0.1) is 0 Å². The summed E-state index contributed by atoms with van der Waals surface area (Å²) in [5.74, 6) is 0.0784. The van der Waals surface area contributed by atoms with Crippen molar-refractivity contribution >= 4 is 17.1 Å². The molecule has 0 saturated heterocycles. The fourth-order valence-electron chi connectivity index (χ4n) is 3.92. The highest BCUT2D eigenvalue weighted by Crippen LogP contribution is 2.45. The number of hydrazone groups is 1. The van der Waals surface area contributed by atoms with E-state index in [9.17, 15) is 0 Å². The molecule has 0 bridgehead atoms. The van der Waals surface area contributed by atoms with Crippen molar-refractivity contribution in [1.29, 1.82) is 0 Å². The normalized spacial score (nSPS) is 20.5. The standard InChI is InChI=1S/C22H18N4/c1-14-17-10-5-11-18-20(17)22(26-25-14)19(15-7-3-2-4-8-15)21(24-18)16-9-6-12-23-13-16/h2-13,19,21,24-25H,1H2. The fraction of sp³-hybridized carbons (Fsp3) is 0.0909. The molecule has 2 aliphatic rings. The van der Waals surface area contributed by atoms with Gasteiger partial charge in [-0.3, -0.25) is 10.4 Å². The quantitative estimate of drug-likeness (QED) is 0.732. The minimum Gasteiger partial charge on any atom is -0.377 e. The molecule has 0 aliphatic carbocycles. The largest absolute Gasteiger partial charge is 0.377 e. The number of hydrogen-bond donors (Lipinski definition) is 2. The zero-order valence-electron chi connectivity index (χ0n) is 14.2. The van der Waals surface area contributed by atoms with Crippen LogP contribution in [0.25, 0.3) is 5.70 Å². The van der Waals surface area contributed by atoms with Crippen LogP contribution in [0.1, 0.15) is 34.2 Å². The Kier molecular flexibility index (Phi) is 3.35. The lowest BCUT2D eigenvalue weighted by atomic mass is 9.76. The first-order chi connectivity index (χ1) is 12.8.